The Bertz CT molecular complexity index is 895. The Morgan fingerprint density at radius 2 is 1.62 bits per heavy atom. The molecular formula is C28H37NO3. The number of hydrogen-bond donors (Lipinski definition) is 1. The van der Waals surface area contributed by atoms with Gasteiger partial charge in [0.05, 0.1) is 0 Å². The molecule has 3 aliphatic rings. The van der Waals surface area contributed by atoms with E-state index in [1.807, 2.05) is 12.1 Å². The summed E-state index contributed by atoms with van der Waals surface area (Å²) in [6.07, 6.45) is 8.58. The number of fused-ring (bicyclic) bond motifs is 1. The molecule has 0 unspecified atom stereocenters. The first-order valence-corrected chi connectivity index (χ1v) is 12.4. The van der Waals surface area contributed by atoms with Crippen molar-refractivity contribution >= 4 is 5.69 Å². The van der Waals surface area contributed by atoms with E-state index in [1.165, 1.54) is 48.1 Å². The molecule has 2 aromatic rings. The third kappa shape index (κ3) is 4.15. The smallest absolute Gasteiger partial charge is 0.159 e. The van der Waals surface area contributed by atoms with Gasteiger partial charge in [-0.25, -0.2) is 0 Å². The number of benzene rings is 2. The second kappa shape index (κ2) is 9.44. The summed E-state index contributed by atoms with van der Waals surface area (Å²) in [5, 5.41) is 10.0. The van der Waals surface area contributed by atoms with E-state index < -0.39 is 0 Å². The first-order chi connectivity index (χ1) is 15.7. The van der Waals surface area contributed by atoms with Crippen molar-refractivity contribution in [2.75, 3.05) is 32.2 Å². The van der Waals surface area contributed by atoms with E-state index in [0.29, 0.717) is 17.6 Å². The fourth-order valence-corrected chi connectivity index (χ4v) is 6.44. The van der Waals surface area contributed by atoms with E-state index in [2.05, 4.69) is 35.2 Å². The van der Waals surface area contributed by atoms with Crippen LogP contribution in [0.1, 0.15) is 61.1 Å². The second-order valence-corrected chi connectivity index (χ2v) is 10.0. The van der Waals surface area contributed by atoms with Crippen molar-refractivity contribution < 1.29 is 14.6 Å². The number of aromatic hydroxyl groups is 1. The zero-order valence-electron chi connectivity index (χ0n) is 19.5. The molecule has 1 saturated carbocycles. The largest absolute Gasteiger partial charge is 0.508 e. The predicted octanol–water partition coefficient (Wildman–Crippen LogP) is 5.72. The van der Waals surface area contributed by atoms with Crippen LogP contribution in [-0.2, 0) is 15.9 Å². The Morgan fingerprint density at radius 1 is 0.906 bits per heavy atom. The molecule has 4 heteroatoms. The van der Waals surface area contributed by atoms with Gasteiger partial charge in [0.25, 0.3) is 0 Å². The number of piperidine rings is 1. The van der Waals surface area contributed by atoms with Gasteiger partial charge in [0.2, 0.25) is 0 Å². The summed E-state index contributed by atoms with van der Waals surface area (Å²) in [5.41, 5.74) is 5.53. The van der Waals surface area contributed by atoms with Crippen molar-refractivity contribution in [1.29, 1.82) is 0 Å². The molecule has 1 heterocycles. The highest BCUT2D eigenvalue weighted by molar-refractivity contribution is 5.51. The average Bonchev–Trinajstić information content (AvgIpc) is 2.79. The lowest BCUT2D eigenvalue weighted by molar-refractivity contribution is -0.141. The van der Waals surface area contributed by atoms with Crippen LogP contribution in [0.4, 0.5) is 5.69 Å². The SMILES string of the molecule is COC(OC)C1CCN(c2ccc([C@H]3c4ccc(O)cc4CC[C@H]3C3CCC3)cc2)CC1. The van der Waals surface area contributed by atoms with Crippen LogP contribution in [0, 0.1) is 17.8 Å². The van der Waals surface area contributed by atoms with E-state index in [-0.39, 0.29) is 6.29 Å². The molecule has 1 N–H and O–H groups in total. The second-order valence-electron chi connectivity index (χ2n) is 10.0. The number of nitrogens with zero attached hydrogens (tertiary/aromatic N) is 1. The highest BCUT2D eigenvalue weighted by atomic mass is 16.7. The molecule has 5 rings (SSSR count). The van der Waals surface area contributed by atoms with E-state index in [9.17, 15) is 5.11 Å². The monoisotopic (exact) mass is 435 g/mol. The summed E-state index contributed by atoms with van der Waals surface area (Å²) in [6.45, 7) is 2.09. The molecule has 32 heavy (non-hydrogen) atoms. The molecule has 2 aromatic carbocycles. The molecular weight excluding hydrogens is 398 g/mol. The van der Waals surface area contributed by atoms with Crippen molar-refractivity contribution in [2.45, 2.75) is 57.2 Å². The van der Waals surface area contributed by atoms with Gasteiger partial charge in [-0.3, -0.25) is 0 Å². The van der Waals surface area contributed by atoms with Crippen molar-refractivity contribution in [3.05, 3.63) is 59.2 Å². The summed E-state index contributed by atoms with van der Waals surface area (Å²) in [6, 6.07) is 15.4. The maximum Gasteiger partial charge on any atom is 0.159 e. The topological polar surface area (TPSA) is 41.9 Å². The van der Waals surface area contributed by atoms with Crippen molar-refractivity contribution in [2.24, 2.45) is 17.8 Å². The van der Waals surface area contributed by atoms with Crippen molar-refractivity contribution in [3.8, 4) is 5.75 Å². The number of anilines is 1. The fourth-order valence-electron chi connectivity index (χ4n) is 6.44. The number of rotatable bonds is 6. The summed E-state index contributed by atoms with van der Waals surface area (Å²) in [7, 11) is 3.47. The Kier molecular flexibility index (Phi) is 6.43. The van der Waals surface area contributed by atoms with Gasteiger partial charge < -0.3 is 19.5 Å². The maximum absolute atomic E-state index is 10.0. The Labute approximate surface area is 192 Å². The minimum absolute atomic E-state index is 0.0891. The fraction of sp³-hybridized carbons (Fsp3) is 0.571. The molecule has 4 nitrogen and oxygen atoms in total. The molecule has 2 aliphatic carbocycles. The molecule has 1 saturated heterocycles. The van der Waals surface area contributed by atoms with Gasteiger partial charge in [0, 0.05) is 44.8 Å². The number of phenolic OH excluding ortho intramolecular Hbond substituents is 1. The van der Waals surface area contributed by atoms with Crippen molar-refractivity contribution in [1.82, 2.24) is 0 Å². The number of hydrogen-bond acceptors (Lipinski definition) is 4. The zero-order chi connectivity index (χ0) is 22.1. The quantitative estimate of drug-likeness (QED) is 0.589. The van der Waals surface area contributed by atoms with Gasteiger partial charge in [0.1, 0.15) is 5.75 Å². The van der Waals surface area contributed by atoms with Gasteiger partial charge >= 0.3 is 0 Å². The first kappa shape index (κ1) is 21.8. The van der Waals surface area contributed by atoms with Gasteiger partial charge in [-0.2, -0.15) is 0 Å². The standard InChI is InChI=1S/C28H37NO3/c1-31-28(32-2)21-14-16-29(17-15-21)23-9-6-20(7-10-23)27-25(19-4-3-5-19)12-8-22-18-24(30)11-13-26(22)27/h6-7,9-11,13,18-19,21,25,27-28,30H,3-5,8,12,14-17H2,1-2H3/t25-,27+/m0/s1. The van der Waals surface area contributed by atoms with Gasteiger partial charge in [-0.1, -0.05) is 37.5 Å². The van der Waals surface area contributed by atoms with E-state index in [4.69, 9.17) is 9.47 Å². The normalized spacial score (nSPS) is 24.4. The van der Waals surface area contributed by atoms with Crippen LogP contribution in [0.5, 0.6) is 5.75 Å². The Balaban J connectivity index is 1.35. The van der Waals surface area contributed by atoms with E-state index >= 15 is 0 Å². The van der Waals surface area contributed by atoms with Crippen LogP contribution in [0.3, 0.4) is 0 Å². The molecule has 2 fully saturated rings. The number of aryl methyl sites for hydroxylation is 1. The van der Waals surface area contributed by atoms with Crippen LogP contribution < -0.4 is 4.90 Å². The lowest BCUT2D eigenvalue weighted by atomic mass is 9.62. The number of phenols is 1. The molecule has 0 bridgehead atoms. The Hall–Kier alpha value is -2.04. The molecule has 172 valence electrons. The van der Waals surface area contributed by atoms with Gasteiger partial charge in [0.15, 0.2) is 6.29 Å². The maximum atomic E-state index is 10.0. The van der Waals surface area contributed by atoms with Crippen LogP contribution in [0.25, 0.3) is 0 Å². The van der Waals surface area contributed by atoms with E-state index in [0.717, 1.165) is 44.2 Å². The summed E-state index contributed by atoms with van der Waals surface area (Å²) in [4.78, 5) is 2.50. The molecule has 0 amide bonds. The van der Waals surface area contributed by atoms with Crippen LogP contribution in [-0.4, -0.2) is 38.7 Å². The van der Waals surface area contributed by atoms with Crippen LogP contribution in [0.15, 0.2) is 42.5 Å². The summed E-state index contributed by atoms with van der Waals surface area (Å²) in [5.74, 6) is 2.90. The molecule has 0 spiro atoms. The summed E-state index contributed by atoms with van der Waals surface area (Å²) >= 11 is 0. The van der Waals surface area contributed by atoms with Crippen LogP contribution >= 0.6 is 0 Å². The highest BCUT2D eigenvalue weighted by Crippen LogP contribution is 2.50. The predicted molar refractivity (Wildman–Crippen MR) is 128 cm³/mol. The molecule has 1 aliphatic heterocycles. The lowest BCUT2D eigenvalue weighted by Gasteiger charge is -2.43. The summed E-state index contributed by atoms with van der Waals surface area (Å²) < 4.78 is 11.0. The molecule has 0 radical (unpaired) electrons. The number of methoxy groups -OCH3 is 2. The minimum atomic E-state index is -0.0891. The third-order valence-corrected chi connectivity index (χ3v) is 8.40. The molecule has 2 atom stereocenters. The zero-order valence-corrected chi connectivity index (χ0v) is 19.5. The average molecular weight is 436 g/mol. The minimum Gasteiger partial charge on any atom is -0.508 e. The van der Waals surface area contributed by atoms with Gasteiger partial charge in [-0.15, -0.1) is 0 Å². The van der Waals surface area contributed by atoms with Crippen LogP contribution in [0.2, 0.25) is 0 Å². The van der Waals surface area contributed by atoms with Gasteiger partial charge in [-0.05, 0) is 78.5 Å². The molecule has 0 aromatic heterocycles. The van der Waals surface area contributed by atoms with E-state index in [1.54, 1.807) is 14.2 Å². The number of ether oxygens (including phenoxy) is 2. The Morgan fingerprint density at radius 3 is 2.25 bits per heavy atom. The third-order valence-electron chi connectivity index (χ3n) is 8.40. The first-order valence-electron chi connectivity index (χ1n) is 12.4. The highest BCUT2D eigenvalue weighted by Gasteiger charge is 2.38. The van der Waals surface area contributed by atoms with Crippen molar-refractivity contribution in [3.63, 3.8) is 0 Å². The lowest BCUT2D eigenvalue weighted by Crippen LogP contribution is -2.39.